The summed E-state index contributed by atoms with van der Waals surface area (Å²) in [5.74, 6) is 0.499. The van der Waals surface area contributed by atoms with E-state index in [4.69, 9.17) is 12.2 Å². The van der Waals surface area contributed by atoms with Crippen molar-refractivity contribution in [2.24, 2.45) is 0 Å². The van der Waals surface area contributed by atoms with E-state index < -0.39 is 0 Å². The van der Waals surface area contributed by atoms with Gasteiger partial charge in [-0.05, 0) is 58.7 Å². The van der Waals surface area contributed by atoms with Crippen LogP contribution in [0.15, 0.2) is 47.9 Å². The number of rotatable bonds is 7. The van der Waals surface area contributed by atoms with E-state index in [1.807, 2.05) is 11.3 Å². The summed E-state index contributed by atoms with van der Waals surface area (Å²) in [5.41, 5.74) is 4.43. The molecule has 0 amide bonds. The van der Waals surface area contributed by atoms with Crippen LogP contribution in [0.3, 0.4) is 0 Å². The largest absolute Gasteiger partial charge is 0.148 e. The Labute approximate surface area is 142 Å². The maximum atomic E-state index is 5.54. The number of fused-ring (bicyclic) bond motifs is 1. The summed E-state index contributed by atoms with van der Waals surface area (Å²) < 4.78 is 0. The molecule has 3 rings (SSSR count). The van der Waals surface area contributed by atoms with E-state index in [0.717, 1.165) is 32.1 Å². The molecule has 0 radical (unpaired) electrons. The predicted octanol–water partition coefficient (Wildman–Crippen LogP) is 6.42. The number of thiophene rings is 1. The smallest absolute Gasteiger partial charge is 0.0190 e. The Morgan fingerprint density at radius 1 is 1.18 bits per heavy atom. The van der Waals surface area contributed by atoms with Crippen LogP contribution in [0.25, 0.3) is 5.57 Å². The van der Waals surface area contributed by atoms with E-state index in [2.05, 4.69) is 54.8 Å². The first kappa shape index (κ1) is 15.6. The highest BCUT2D eigenvalue weighted by Gasteiger charge is 2.24. The van der Waals surface area contributed by atoms with Crippen LogP contribution in [0.2, 0.25) is 0 Å². The van der Waals surface area contributed by atoms with Crippen molar-refractivity contribution >= 4 is 34.0 Å². The van der Waals surface area contributed by atoms with Crippen LogP contribution in [-0.2, 0) is 6.42 Å². The minimum Gasteiger partial charge on any atom is -0.148 e. The molecule has 1 aromatic carbocycles. The number of hydrogen-bond acceptors (Lipinski definition) is 2. The van der Waals surface area contributed by atoms with Crippen molar-refractivity contribution in [3.63, 3.8) is 0 Å². The molecule has 0 fully saturated rings. The second-order valence-electron chi connectivity index (χ2n) is 5.92. The molecule has 1 aliphatic carbocycles. The number of hydrogen-bond donors (Lipinski definition) is 0. The first-order valence-electron chi connectivity index (χ1n) is 8.13. The number of thiocarbonyl (C=S) groups is 1. The summed E-state index contributed by atoms with van der Waals surface area (Å²) in [7, 11) is 0. The van der Waals surface area contributed by atoms with Crippen molar-refractivity contribution in [3.8, 4) is 0 Å². The molecule has 2 aromatic rings. The molecule has 0 bridgehead atoms. The Morgan fingerprint density at radius 3 is 2.82 bits per heavy atom. The third-order valence-corrected chi connectivity index (χ3v) is 5.77. The quantitative estimate of drug-likeness (QED) is 0.529. The number of benzene rings is 1. The highest BCUT2D eigenvalue weighted by Crippen LogP contribution is 2.42. The predicted molar refractivity (Wildman–Crippen MR) is 102 cm³/mol. The lowest BCUT2D eigenvalue weighted by Gasteiger charge is -2.19. The zero-order valence-electron chi connectivity index (χ0n) is 13.0. The average Bonchev–Trinajstić information content (AvgIpc) is 3.18. The Balaban J connectivity index is 1.83. The molecule has 0 nitrogen and oxygen atoms in total. The molecule has 114 valence electrons. The molecule has 1 heterocycles. The Bertz CT molecular complexity index is 665. The van der Waals surface area contributed by atoms with Gasteiger partial charge in [0.05, 0.1) is 0 Å². The second-order valence-corrected chi connectivity index (χ2v) is 7.47. The van der Waals surface area contributed by atoms with Gasteiger partial charge in [0.25, 0.3) is 0 Å². The molecule has 2 heteroatoms. The normalized spacial score (nSPS) is 14.5. The maximum absolute atomic E-state index is 5.54. The minimum atomic E-state index is 0.499. The van der Waals surface area contributed by atoms with Gasteiger partial charge in [0.15, 0.2) is 0 Å². The van der Waals surface area contributed by atoms with Crippen molar-refractivity contribution in [2.75, 3.05) is 0 Å². The Kier molecular flexibility index (Phi) is 5.22. The van der Waals surface area contributed by atoms with Crippen LogP contribution in [0.4, 0.5) is 0 Å². The molecule has 1 aromatic heterocycles. The van der Waals surface area contributed by atoms with E-state index in [-0.39, 0.29) is 0 Å². The van der Waals surface area contributed by atoms with Crippen LogP contribution in [0, 0.1) is 0 Å². The lowest BCUT2D eigenvalue weighted by molar-refractivity contribution is 0.789. The highest BCUT2D eigenvalue weighted by molar-refractivity contribution is 7.80. The Hall–Kier alpha value is -1.25. The highest BCUT2D eigenvalue weighted by atomic mass is 32.1. The van der Waals surface area contributed by atoms with Crippen LogP contribution in [0.5, 0.6) is 0 Å². The molecule has 1 aliphatic rings. The average molecular weight is 327 g/mol. The fourth-order valence-electron chi connectivity index (χ4n) is 3.29. The van der Waals surface area contributed by atoms with Crippen molar-refractivity contribution < 1.29 is 0 Å². The van der Waals surface area contributed by atoms with E-state index >= 15 is 0 Å². The van der Waals surface area contributed by atoms with Gasteiger partial charge in [-0.15, -0.1) is 11.3 Å². The molecular formula is C20H22S2. The van der Waals surface area contributed by atoms with E-state index in [9.17, 15) is 0 Å². The number of allylic oxidation sites excluding steroid dienone is 2. The van der Waals surface area contributed by atoms with Gasteiger partial charge in [0.1, 0.15) is 0 Å². The van der Waals surface area contributed by atoms with Crippen molar-refractivity contribution in [1.29, 1.82) is 0 Å². The van der Waals surface area contributed by atoms with E-state index in [1.54, 1.807) is 0 Å². The molecule has 0 spiro atoms. The SMILES string of the molecule is CCCC(=S)CCC(C1=CCc2ccccc21)c1cccs1. The van der Waals surface area contributed by atoms with E-state index in [0.29, 0.717) is 5.92 Å². The summed E-state index contributed by atoms with van der Waals surface area (Å²) in [6.45, 7) is 2.21. The lowest BCUT2D eigenvalue weighted by Crippen LogP contribution is -2.03. The molecule has 0 saturated heterocycles. The standard InChI is InChI=1S/C20H22S2/c1-2-6-16(21)11-13-19(20-9-5-14-22-20)18-12-10-15-7-3-4-8-17(15)18/h3-5,7-9,12,14,19H,2,6,10-11,13H2,1H3. The van der Waals surface area contributed by atoms with Gasteiger partial charge in [-0.1, -0.05) is 62.0 Å². The fraction of sp³-hybridized carbons (Fsp3) is 0.350. The van der Waals surface area contributed by atoms with Crippen LogP contribution < -0.4 is 0 Å². The zero-order chi connectivity index (χ0) is 15.4. The minimum absolute atomic E-state index is 0.499. The van der Waals surface area contributed by atoms with Gasteiger partial charge in [-0.25, -0.2) is 0 Å². The van der Waals surface area contributed by atoms with Crippen molar-refractivity contribution in [1.82, 2.24) is 0 Å². The second kappa shape index (κ2) is 7.34. The summed E-state index contributed by atoms with van der Waals surface area (Å²) in [4.78, 5) is 2.71. The Morgan fingerprint density at radius 2 is 2.05 bits per heavy atom. The van der Waals surface area contributed by atoms with Crippen LogP contribution >= 0.6 is 23.6 Å². The molecule has 0 saturated carbocycles. The molecule has 1 atom stereocenters. The summed E-state index contributed by atoms with van der Waals surface area (Å²) in [6, 6.07) is 13.3. The molecular weight excluding hydrogens is 304 g/mol. The van der Waals surface area contributed by atoms with Crippen LogP contribution in [-0.4, -0.2) is 4.86 Å². The van der Waals surface area contributed by atoms with Gasteiger partial charge in [0, 0.05) is 10.8 Å². The van der Waals surface area contributed by atoms with Crippen LogP contribution in [0.1, 0.15) is 54.5 Å². The first-order chi connectivity index (χ1) is 10.8. The third kappa shape index (κ3) is 3.39. The van der Waals surface area contributed by atoms with Crippen molar-refractivity contribution in [2.45, 2.75) is 44.9 Å². The molecule has 0 N–H and O–H groups in total. The topological polar surface area (TPSA) is 0 Å². The summed E-state index contributed by atoms with van der Waals surface area (Å²) in [6.07, 6.45) is 7.95. The molecule has 1 unspecified atom stereocenters. The molecule has 0 aliphatic heterocycles. The van der Waals surface area contributed by atoms with Gasteiger partial charge in [0.2, 0.25) is 0 Å². The summed E-state index contributed by atoms with van der Waals surface area (Å²) in [5, 5.41) is 2.19. The van der Waals surface area contributed by atoms with Gasteiger partial charge >= 0.3 is 0 Å². The maximum Gasteiger partial charge on any atom is 0.0190 e. The fourth-order valence-corrected chi connectivity index (χ4v) is 4.49. The van der Waals surface area contributed by atoms with Gasteiger partial charge in [-0.3, -0.25) is 0 Å². The van der Waals surface area contributed by atoms with Gasteiger partial charge in [-0.2, -0.15) is 0 Å². The van der Waals surface area contributed by atoms with Gasteiger partial charge < -0.3 is 0 Å². The third-order valence-electron chi connectivity index (χ3n) is 4.37. The van der Waals surface area contributed by atoms with E-state index in [1.165, 1.54) is 26.4 Å². The molecule has 22 heavy (non-hydrogen) atoms. The first-order valence-corrected chi connectivity index (χ1v) is 9.41. The van der Waals surface area contributed by atoms with Crippen molar-refractivity contribution in [3.05, 3.63) is 63.9 Å². The lowest BCUT2D eigenvalue weighted by atomic mass is 9.88. The summed E-state index contributed by atoms with van der Waals surface area (Å²) >= 11 is 7.41. The monoisotopic (exact) mass is 326 g/mol. The zero-order valence-corrected chi connectivity index (χ0v) is 14.7.